The monoisotopic (exact) mass is 278 g/mol. The lowest BCUT2D eigenvalue weighted by Gasteiger charge is -2.25. The van der Waals surface area contributed by atoms with Gasteiger partial charge in [0.2, 0.25) is 5.91 Å². The van der Waals surface area contributed by atoms with Gasteiger partial charge in [0.1, 0.15) is 0 Å². The van der Waals surface area contributed by atoms with Gasteiger partial charge in [0.25, 0.3) is 0 Å². The number of carbonyl (C=O) groups is 1. The van der Waals surface area contributed by atoms with Gasteiger partial charge in [0, 0.05) is 31.1 Å². The van der Waals surface area contributed by atoms with Crippen LogP contribution in [0.4, 0.5) is 0 Å². The Kier molecular flexibility index (Phi) is 2.89. The molecule has 2 bridgehead atoms. The van der Waals surface area contributed by atoms with Crippen molar-refractivity contribution in [3.63, 3.8) is 0 Å². The van der Waals surface area contributed by atoms with Crippen molar-refractivity contribution in [3.05, 3.63) is 36.2 Å². The van der Waals surface area contributed by atoms with Crippen molar-refractivity contribution in [2.24, 2.45) is 0 Å². The molecule has 1 aromatic rings. The molecular weight excluding hydrogens is 264 g/mol. The number of likely N-dealkylation sites (tertiary alicyclic amines) is 1. The minimum atomic E-state index is -2.95. The fourth-order valence-corrected chi connectivity index (χ4v) is 4.73. The zero-order chi connectivity index (χ0) is 13.5. The van der Waals surface area contributed by atoms with Crippen LogP contribution in [0, 0.1) is 0 Å². The van der Waals surface area contributed by atoms with E-state index in [0.717, 1.165) is 5.56 Å². The SMILES string of the molecule is O=C(/C=C/c1cccnc1)N1CC2CC1CS2(=O)=O. The van der Waals surface area contributed by atoms with Gasteiger partial charge >= 0.3 is 0 Å². The van der Waals surface area contributed by atoms with Crippen LogP contribution in [0.3, 0.4) is 0 Å². The van der Waals surface area contributed by atoms with E-state index in [4.69, 9.17) is 0 Å². The summed E-state index contributed by atoms with van der Waals surface area (Å²) in [6.07, 6.45) is 7.13. The first-order chi connectivity index (χ1) is 9.06. The molecule has 19 heavy (non-hydrogen) atoms. The molecule has 0 aliphatic carbocycles. The average molecular weight is 278 g/mol. The second-order valence-electron chi connectivity index (χ2n) is 4.95. The highest BCUT2D eigenvalue weighted by Gasteiger charge is 2.49. The number of sulfone groups is 1. The van der Waals surface area contributed by atoms with Crippen molar-refractivity contribution in [2.45, 2.75) is 17.7 Å². The van der Waals surface area contributed by atoms with Crippen LogP contribution in [0.5, 0.6) is 0 Å². The average Bonchev–Trinajstić information content (AvgIpc) is 2.93. The highest BCUT2D eigenvalue weighted by atomic mass is 32.2. The molecule has 0 radical (unpaired) electrons. The van der Waals surface area contributed by atoms with E-state index in [-0.39, 0.29) is 23.0 Å². The van der Waals surface area contributed by atoms with Crippen LogP contribution in [-0.2, 0) is 14.6 Å². The van der Waals surface area contributed by atoms with Crippen LogP contribution in [0.15, 0.2) is 30.6 Å². The third-order valence-electron chi connectivity index (χ3n) is 3.69. The number of rotatable bonds is 2. The Morgan fingerprint density at radius 2 is 2.32 bits per heavy atom. The number of amides is 1. The second-order valence-corrected chi connectivity index (χ2v) is 7.28. The second kappa shape index (κ2) is 4.45. The van der Waals surface area contributed by atoms with Gasteiger partial charge in [-0.05, 0) is 24.1 Å². The lowest BCUT2D eigenvalue weighted by Crippen LogP contribution is -2.43. The van der Waals surface area contributed by atoms with Crippen molar-refractivity contribution >= 4 is 21.8 Å². The van der Waals surface area contributed by atoms with Crippen LogP contribution in [0.2, 0.25) is 0 Å². The smallest absolute Gasteiger partial charge is 0.246 e. The van der Waals surface area contributed by atoms with Crippen molar-refractivity contribution in [1.29, 1.82) is 0 Å². The third kappa shape index (κ3) is 2.28. The van der Waals surface area contributed by atoms with E-state index in [2.05, 4.69) is 4.98 Å². The molecule has 2 unspecified atom stereocenters. The quantitative estimate of drug-likeness (QED) is 0.739. The fraction of sp³-hybridized carbons (Fsp3) is 0.385. The number of pyridine rings is 1. The van der Waals surface area contributed by atoms with Gasteiger partial charge in [-0.25, -0.2) is 8.42 Å². The Morgan fingerprint density at radius 3 is 2.89 bits per heavy atom. The molecule has 0 aromatic carbocycles. The molecule has 0 saturated carbocycles. The predicted molar refractivity (Wildman–Crippen MR) is 71.0 cm³/mol. The first-order valence-electron chi connectivity index (χ1n) is 6.16. The van der Waals surface area contributed by atoms with Crippen LogP contribution < -0.4 is 0 Å². The minimum Gasteiger partial charge on any atom is -0.334 e. The predicted octanol–water partition coefficient (Wildman–Crippen LogP) is 0.493. The zero-order valence-electron chi connectivity index (χ0n) is 10.3. The first kappa shape index (κ1) is 12.3. The summed E-state index contributed by atoms with van der Waals surface area (Å²) in [5.74, 6) is -0.00399. The first-order valence-corrected chi connectivity index (χ1v) is 7.88. The summed E-state index contributed by atoms with van der Waals surface area (Å²) in [7, 11) is -2.95. The number of hydrogen-bond donors (Lipinski definition) is 0. The van der Waals surface area contributed by atoms with E-state index in [9.17, 15) is 13.2 Å². The Hall–Kier alpha value is -1.69. The van der Waals surface area contributed by atoms with Crippen molar-refractivity contribution in [1.82, 2.24) is 9.88 Å². The van der Waals surface area contributed by atoms with E-state index >= 15 is 0 Å². The molecule has 100 valence electrons. The molecule has 2 aliphatic heterocycles. The van der Waals surface area contributed by atoms with E-state index < -0.39 is 9.84 Å². The highest BCUT2D eigenvalue weighted by molar-refractivity contribution is 7.92. The summed E-state index contributed by atoms with van der Waals surface area (Å²) >= 11 is 0. The highest BCUT2D eigenvalue weighted by Crippen LogP contribution is 2.32. The van der Waals surface area contributed by atoms with Gasteiger partial charge < -0.3 is 4.90 Å². The minimum absolute atomic E-state index is 0.115. The maximum atomic E-state index is 12.0. The summed E-state index contributed by atoms with van der Waals surface area (Å²) in [6.45, 7) is 0.337. The maximum absolute atomic E-state index is 12.0. The number of hydrogen-bond acceptors (Lipinski definition) is 4. The van der Waals surface area contributed by atoms with E-state index in [1.54, 1.807) is 29.4 Å². The number of aromatic nitrogens is 1. The van der Waals surface area contributed by atoms with Crippen molar-refractivity contribution in [2.75, 3.05) is 12.3 Å². The fourth-order valence-electron chi connectivity index (χ4n) is 2.70. The molecule has 2 fully saturated rings. The van der Waals surface area contributed by atoms with E-state index in [0.29, 0.717) is 13.0 Å². The van der Waals surface area contributed by atoms with Gasteiger partial charge in [-0.1, -0.05) is 6.07 Å². The molecule has 1 amide bonds. The van der Waals surface area contributed by atoms with Crippen LogP contribution >= 0.6 is 0 Å². The summed E-state index contributed by atoms with van der Waals surface area (Å²) in [6, 6.07) is 3.52. The van der Waals surface area contributed by atoms with E-state index in [1.807, 2.05) is 6.07 Å². The molecule has 3 rings (SSSR count). The van der Waals surface area contributed by atoms with Gasteiger partial charge in [-0.15, -0.1) is 0 Å². The van der Waals surface area contributed by atoms with Crippen molar-refractivity contribution < 1.29 is 13.2 Å². The number of nitrogens with zero attached hydrogens (tertiary/aromatic N) is 2. The number of carbonyl (C=O) groups excluding carboxylic acids is 1. The summed E-state index contributed by atoms with van der Waals surface area (Å²) in [5, 5.41) is -0.353. The lowest BCUT2D eigenvalue weighted by atomic mass is 10.2. The molecule has 6 heteroatoms. The summed E-state index contributed by atoms with van der Waals surface area (Å²) in [4.78, 5) is 17.7. The summed E-state index contributed by atoms with van der Waals surface area (Å²) in [5.41, 5.74) is 0.854. The lowest BCUT2D eigenvalue weighted by molar-refractivity contribution is -0.126. The molecular formula is C13H14N2O3S. The van der Waals surface area contributed by atoms with E-state index in [1.165, 1.54) is 6.08 Å². The van der Waals surface area contributed by atoms with Gasteiger partial charge in [-0.3, -0.25) is 9.78 Å². The van der Waals surface area contributed by atoms with Gasteiger partial charge in [0.05, 0.1) is 11.0 Å². The molecule has 3 heterocycles. The van der Waals surface area contributed by atoms with Crippen molar-refractivity contribution in [3.8, 4) is 0 Å². The summed E-state index contributed by atoms with van der Waals surface area (Å²) < 4.78 is 23.2. The van der Waals surface area contributed by atoms with Gasteiger partial charge in [0.15, 0.2) is 9.84 Å². The Morgan fingerprint density at radius 1 is 1.47 bits per heavy atom. The number of fused-ring (bicyclic) bond motifs is 2. The third-order valence-corrected chi connectivity index (χ3v) is 5.90. The molecule has 0 N–H and O–H groups in total. The molecule has 1 aromatic heterocycles. The zero-order valence-corrected chi connectivity index (χ0v) is 11.1. The van der Waals surface area contributed by atoms with Crippen LogP contribution in [0.1, 0.15) is 12.0 Å². The Balaban J connectivity index is 1.69. The Labute approximate surface area is 111 Å². The van der Waals surface area contributed by atoms with Crippen LogP contribution in [-0.4, -0.2) is 47.8 Å². The molecule has 5 nitrogen and oxygen atoms in total. The largest absolute Gasteiger partial charge is 0.334 e. The maximum Gasteiger partial charge on any atom is 0.246 e. The molecule has 2 aliphatic rings. The molecule has 2 atom stereocenters. The molecule has 2 saturated heterocycles. The van der Waals surface area contributed by atoms with Gasteiger partial charge in [-0.2, -0.15) is 0 Å². The molecule has 0 spiro atoms. The topological polar surface area (TPSA) is 67.3 Å². The standard InChI is InChI=1S/C13H14N2O3S/c16-13(4-3-10-2-1-5-14-7-10)15-8-12-6-11(15)9-19(12,17)18/h1-5,7,11-12H,6,8-9H2/b4-3+. The Bertz CT molecular complexity index is 625. The van der Waals surface area contributed by atoms with Crippen LogP contribution in [0.25, 0.3) is 6.08 Å². The normalized spacial score (nSPS) is 28.1.